The van der Waals surface area contributed by atoms with Gasteiger partial charge in [0.05, 0.1) is 22.6 Å². The molecule has 8 nitrogen and oxygen atoms in total. The zero-order valence-electron chi connectivity index (χ0n) is 16.3. The molecule has 1 aliphatic rings. The number of hydrogen-bond donors (Lipinski definition) is 1. The van der Waals surface area contributed by atoms with Crippen LogP contribution in [-0.2, 0) is 7.05 Å². The third-order valence-electron chi connectivity index (χ3n) is 5.39. The van der Waals surface area contributed by atoms with Crippen LogP contribution in [0.2, 0.25) is 0 Å². The van der Waals surface area contributed by atoms with Gasteiger partial charge in [0, 0.05) is 31.8 Å². The zero-order valence-corrected chi connectivity index (χ0v) is 17.1. The van der Waals surface area contributed by atoms with Crippen LogP contribution in [0.5, 0.6) is 0 Å². The van der Waals surface area contributed by atoms with Gasteiger partial charge >= 0.3 is 0 Å². The predicted octanol–water partition coefficient (Wildman–Crippen LogP) is 3.25. The first-order valence-electron chi connectivity index (χ1n) is 9.55. The summed E-state index contributed by atoms with van der Waals surface area (Å²) >= 11 is 1.15. The van der Waals surface area contributed by atoms with E-state index in [4.69, 9.17) is 9.62 Å². The second kappa shape index (κ2) is 7.83. The molecule has 1 N–H and O–H groups in total. The smallest absolute Gasteiger partial charge is 0.264 e. The minimum absolute atomic E-state index is 0.0673. The third kappa shape index (κ3) is 3.84. The van der Waals surface area contributed by atoms with Crippen LogP contribution in [0.15, 0.2) is 16.8 Å². The quantitative estimate of drug-likeness (QED) is 0.706. The van der Waals surface area contributed by atoms with E-state index in [-0.39, 0.29) is 5.91 Å². The van der Waals surface area contributed by atoms with E-state index in [0.717, 1.165) is 59.9 Å². The van der Waals surface area contributed by atoms with Crippen molar-refractivity contribution in [1.29, 1.82) is 0 Å². The molecule has 3 aromatic heterocycles. The highest BCUT2D eigenvalue weighted by atomic mass is 32.1. The summed E-state index contributed by atoms with van der Waals surface area (Å²) in [6.07, 6.45) is 6.25. The maximum absolute atomic E-state index is 12.3. The van der Waals surface area contributed by atoms with Gasteiger partial charge in [-0.1, -0.05) is 9.64 Å². The van der Waals surface area contributed by atoms with Crippen LogP contribution in [0, 0.1) is 19.8 Å². The molecule has 0 aliphatic heterocycles. The molecular weight excluding hydrogens is 376 g/mol. The van der Waals surface area contributed by atoms with Crippen LogP contribution in [0.25, 0.3) is 11.3 Å². The maximum Gasteiger partial charge on any atom is 0.264 e. The molecule has 1 amide bonds. The second-order valence-electron chi connectivity index (χ2n) is 7.55. The minimum Gasteiger partial charge on any atom is -0.356 e. The summed E-state index contributed by atoms with van der Waals surface area (Å²) in [6, 6.07) is 1.96. The van der Waals surface area contributed by atoms with Crippen molar-refractivity contribution >= 4 is 17.4 Å². The van der Waals surface area contributed by atoms with Gasteiger partial charge in [0.15, 0.2) is 5.76 Å². The molecule has 1 fully saturated rings. The first-order chi connectivity index (χ1) is 13.5. The fourth-order valence-electron chi connectivity index (χ4n) is 3.88. The monoisotopic (exact) mass is 400 g/mol. The summed E-state index contributed by atoms with van der Waals surface area (Å²) in [7, 11) is 1.94. The van der Waals surface area contributed by atoms with Crippen molar-refractivity contribution in [2.75, 3.05) is 6.54 Å². The molecule has 0 unspecified atom stereocenters. The highest BCUT2D eigenvalue weighted by Crippen LogP contribution is 2.39. The highest BCUT2D eigenvalue weighted by molar-refractivity contribution is 7.07. The van der Waals surface area contributed by atoms with Crippen LogP contribution in [0.4, 0.5) is 0 Å². The number of carbonyl (C=O) groups excluding carboxylic acids is 1. The number of nitrogens with one attached hydrogen (secondary N) is 1. The van der Waals surface area contributed by atoms with Gasteiger partial charge in [0.1, 0.15) is 4.88 Å². The van der Waals surface area contributed by atoms with Gasteiger partial charge in [-0.3, -0.25) is 9.48 Å². The number of carbonyl (C=O) groups is 1. The van der Waals surface area contributed by atoms with Gasteiger partial charge in [-0.2, -0.15) is 5.10 Å². The summed E-state index contributed by atoms with van der Waals surface area (Å²) in [4.78, 5) is 12.9. The zero-order chi connectivity index (χ0) is 19.7. The summed E-state index contributed by atoms with van der Waals surface area (Å²) < 4.78 is 11.1. The lowest BCUT2D eigenvalue weighted by Crippen LogP contribution is -2.31. The Balaban J connectivity index is 1.36. The lowest BCUT2D eigenvalue weighted by molar-refractivity contribution is 0.0946. The van der Waals surface area contributed by atoms with Gasteiger partial charge < -0.3 is 9.84 Å². The SMILES string of the molecule is Cc1cc(-c2cn(C)nc2C2CCC(CNC(=O)c3snnc3C)CC2)on1. The number of hydrogen-bond acceptors (Lipinski definition) is 7. The van der Waals surface area contributed by atoms with Gasteiger partial charge in [0.25, 0.3) is 5.91 Å². The molecule has 148 valence electrons. The van der Waals surface area contributed by atoms with E-state index in [2.05, 4.69) is 20.1 Å². The Kier molecular flexibility index (Phi) is 5.25. The first kappa shape index (κ1) is 18.8. The predicted molar refractivity (Wildman–Crippen MR) is 105 cm³/mol. The van der Waals surface area contributed by atoms with Crippen molar-refractivity contribution in [1.82, 2.24) is 29.8 Å². The molecule has 1 saturated carbocycles. The van der Waals surface area contributed by atoms with Crippen molar-refractivity contribution in [2.24, 2.45) is 13.0 Å². The summed E-state index contributed by atoms with van der Waals surface area (Å²) in [6.45, 7) is 4.43. The largest absolute Gasteiger partial charge is 0.356 e. The molecule has 28 heavy (non-hydrogen) atoms. The van der Waals surface area contributed by atoms with Crippen molar-refractivity contribution in [2.45, 2.75) is 45.4 Å². The normalized spacial score (nSPS) is 19.7. The van der Waals surface area contributed by atoms with Gasteiger partial charge in [-0.25, -0.2) is 0 Å². The Morgan fingerprint density at radius 3 is 2.75 bits per heavy atom. The Morgan fingerprint density at radius 2 is 2.11 bits per heavy atom. The van der Waals surface area contributed by atoms with Crippen molar-refractivity contribution in [3.8, 4) is 11.3 Å². The molecule has 1 aliphatic carbocycles. The van der Waals surface area contributed by atoms with E-state index >= 15 is 0 Å². The van der Waals surface area contributed by atoms with E-state index in [0.29, 0.717) is 29.0 Å². The Bertz CT molecular complexity index is 967. The van der Waals surface area contributed by atoms with E-state index in [1.807, 2.05) is 37.8 Å². The maximum atomic E-state index is 12.3. The molecule has 0 aromatic carbocycles. The minimum atomic E-state index is -0.0673. The fraction of sp³-hybridized carbons (Fsp3) is 0.526. The Hall–Kier alpha value is -2.55. The topological polar surface area (TPSA) is 98.7 Å². The van der Waals surface area contributed by atoms with E-state index in [9.17, 15) is 4.79 Å². The second-order valence-corrected chi connectivity index (χ2v) is 8.30. The molecule has 0 saturated heterocycles. The molecule has 0 atom stereocenters. The van der Waals surface area contributed by atoms with Gasteiger partial charge in [-0.05, 0) is 57.0 Å². The Labute approximate surface area is 167 Å². The van der Waals surface area contributed by atoms with E-state index in [1.165, 1.54) is 0 Å². The van der Waals surface area contributed by atoms with Crippen molar-refractivity contribution < 1.29 is 9.32 Å². The van der Waals surface area contributed by atoms with E-state index < -0.39 is 0 Å². The molecular formula is C19H24N6O2S. The molecule has 0 radical (unpaired) electrons. The molecule has 4 rings (SSSR count). The van der Waals surface area contributed by atoms with Crippen LogP contribution in [0.3, 0.4) is 0 Å². The van der Waals surface area contributed by atoms with Crippen molar-refractivity contribution in [3.63, 3.8) is 0 Å². The number of rotatable bonds is 5. The number of aromatic nitrogens is 5. The van der Waals surface area contributed by atoms with Crippen LogP contribution in [0.1, 0.15) is 58.4 Å². The molecule has 9 heteroatoms. The van der Waals surface area contributed by atoms with E-state index in [1.54, 1.807) is 0 Å². The Morgan fingerprint density at radius 1 is 1.32 bits per heavy atom. The van der Waals surface area contributed by atoms with Gasteiger partial charge in [0.2, 0.25) is 0 Å². The van der Waals surface area contributed by atoms with Crippen molar-refractivity contribution in [3.05, 3.63) is 34.2 Å². The molecule has 3 aromatic rings. The summed E-state index contributed by atoms with van der Waals surface area (Å²) in [5.74, 6) is 1.61. The lowest BCUT2D eigenvalue weighted by atomic mass is 9.79. The standard InChI is InChI=1S/C19H24N6O2S/c1-11-8-16(27-23-11)15-10-25(3)22-17(15)14-6-4-13(5-7-14)9-20-19(26)18-12(2)21-24-28-18/h8,10,13-14H,4-7,9H2,1-3H3,(H,20,26). The van der Waals surface area contributed by atoms with Crippen LogP contribution >= 0.6 is 11.5 Å². The average Bonchev–Trinajstić information content (AvgIpc) is 3.40. The highest BCUT2D eigenvalue weighted by Gasteiger charge is 2.28. The summed E-state index contributed by atoms with van der Waals surface area (Å²) in [5, 5.41) is 15.7. The first-order valence-corrected chi connectivity index (χ1v) is 10.3. The molecule has 0 spiro atoms. The fourth-order valence-corrected chi connectivity index (χ4v) is 4.46. The third-order valence-corrected chi connectivity index (χ3v) is 6.22. The number of amides is 1. The van der Waals surface area contributed by atoms with Gasteiger partial charge in [-0.15, -0.1) is 5.10 Å². The van der Waals surface area contributed by atoms with Crippen LogP contribution in [-0.4, -0.2) is 37.0 Å². The van der Waals surface area contributed by atoms with Crippen LogP contribution < -0.4 is 5.32 Å². The summed E-state index contributed by atoms with van der Waals surface area (Å²) in [5.41, 5.74) is 3.69. The number of nitrogens with zero attached hydrogens (tertiary/aromatic N) is 5. The lowest BCUT2D eigenvalue weighted by Gasteiger charge is -2.28. The average molecular weight is 401 g/mol. The molecule has 3 heterocycles. The molecule has 0 bridgehead atoms. The number of aryl methyl sites for hydroxylation is 3.